The van der Waals surface area contributed by atoms with Gasteiger partial charge in [-0.3, -0.25) is 4.79 Å². The summed E-state index contributed by atoms with van der Waals surface area (Å²) in [4.78, 5) is 23.5. The first-order valence-electron chi connectivity index (χ1n) is 4.87. The zero-order valence-electron chi connectivity index (χ0n) is 9.75. The van der Waals surface area contributed by atoms with Crippen LogP contribution >= 0.6 is 11.3 Å². The molecule has 1 heterocycles. The molecule has 1 amide bonds. The quantitative estimate of drug-likeness (QED) is 0.836. The number of carboxylic acids is 1. The molecular weight excluding hydrogens is 226 g/mol. The second kappa shape index (κ2) is 4.25. The molecule has 5 heteroatoms. The molecule has 0 aliphatic rings. The van der Waals surface area contributed by atoms with E-state index in [0.717, 1.165) is 4.88 Å². The lowest BCUT2D eigenvalue weighted by Crippen LogP contribution is -2.27. The Morgan fingerprint density at radius 2 is 1.94 bits per heavy atom. The van der Waals surface area contributed by atoms with Crippen LogP contribution in [0.25, 0.3) is 0 Å². The van der Waals surface area contributed by atoms with Crippen molar-refractivity contribution in [2.45, 2.75) is 27.7 Å². The maximum atomic E-state index is 11.7. The molecule has 1 aromatic rings. The van der Waals surface area contributed by atoms with Crippen LogP contribution in [0.3, 0.4) is 0 Å². The van der Waals surface area contributed by atoms with Crippen molar-refractivity contribution in [3.8, 4) is 0 Å². The van der Waals surface area contributed by atoms with Gasteiger partial charge in [-0.2, -0.15) is 0 Å². The highest BCUT2D eigenvalue weighted by Gasteiger charge is 2.24. The first kappa shape index (κ1) is 12.7. The highest BCUT2D eigenvalue weighted by atomic mass is 32.1. The smallest absolute Gasteiger partial charge is 0.338 e. The first-order chi connectivity index (χ1) is 7.21. The average molecular weight is 241 g/mol. The number of thiophene rings is 1. The van der Waals surface area contributed by atoms with Crippen molar-refractivity contribution in [2.24, 2.45) is 5.41 Å². The van der Waals surface area contributed by atoms with Crippen LogP contribution in [-0.4, -0.2) is 17.0 Å². The van der Waals surface area contributed by atoms with Gasteiger partial charge in [-0.25, -0.2) is 4.79 Å². The van der Waals surface area contributed by atoms with Gasteiger partial charge in [0.05, 0.1) is 5.56 Å². The third-order valence-corrected chi connectivity index (χ3v) is 2.96. The highest BCUT2D eigenvalue weighted by molar-refractivity contribution is 7.16. The van der Waals surface area contributed by atoms with Crippen molar-refractivity contribution in [3.63, 3.8) is 0 Å². The van der Waals surface area contributed by atoms with Gasteiger partial charge in [-0.1, -0.05) is 20.8 Å². The number of carbonyl (C=O) groups excluding carboxylic acids is 1. The second-order valence-electron chi connectivity index (χ2n) is 4.61. The molecule has 0 saturated carbocycles. The number of hydrogen-bond donors (Lipinski definition) is 2. The number of carbonyl (C=O) groups is 2. The highest BCUT2D eigenvalue weighted by Crippen LogP contribution is 2.29. The SMILES string of the molecule is Cc1cc(C(=O)O)c(NC(=O)C(C)(C)C)s1. The predicted octanol–water partition coefficient (Wildman–Crippen LogP) is 2.74. The zero-order chi connectivity index (χ0) is 12.5. The average Bonchev–Trinajstić information content (AvgIpc) is 2.45. The topological polar surface area (TPSA) is 66.4 Å². The molecule has 0 aromatic carbocycles. The third-order valence-electron chi connectivity index (χ3n) is 1.99. The Balaban J connectivity index is 2.98. The van der Waals surface area contributed by atoms with Crippen LogP contribution < -0.4 is 5.32 Å². The van der Waals surface area contributed by atoms with E-state index in [0.29, 0.717) is 5.00 Å². The fraction of sp³-hybridized carbons (Fsp3) is 0.455. The van der Waals surface area contributed by atoms with E-state index in [-0.39, 0.29) is 11.5 Å². The number of nitrogens with one attached hydrogen (secondary N) is 1. The number of anilines is 1. The van der Waals surface area contributed by atoms with E-state index in [9.17, 15) is 9.59 Å². The number of aromatic carboxylic acids is 1. The van der Waals surface area contributed by atoms with Gasteiger partial charge in [-0.15, -0.1) is 11.3 Å². The summed E-state index contributed by atoms with van der Waals surface area (Å²) >= 11 is 1.27. The largest absolute Gasteiger partial charge is 0.478 e. The summed E-state index contributed by atoms with van der Waals surface area (Å²) in [6.07, 6.45) is 0. The summed E-state index contributed by atoms with van der Waals surface area (Å²) in [5.74, 6) is -1.20. The molecule has 1 aromatic heterocycles. The molecule has 88 valence electrons. The van der Waals surface area contributed by atoms with Crippen LogP contribution in [0.5, 0.6) is 0 Å². The summed E-state index contributed by atoms with van der Waals surface area (Å²) in [6.45, 7) is 7.15. The van der Waals surface area contributed by atoms with E-state index >= 15 is 0 Å². The van der Waals surface area contributed by atoms with Crippen LogP contribution in [0.2, 0.25) is 0 Å². The Morgan fingerprint density at radius 3 is 2.38 bits per heavy atom. The standard InChI is InChI=1S/C11H15NO3S/c1-6-5-7(9(13)14)8(16-6)12-10(15)11(2,3)4/h5H,1-4H3,(H,12,15)(H,13,14). The van der Waals surface area contributed by atoms with E-state index < -0.39 is 11.4 Å². The minimum Gasteiger partial charge on any atom is -0.478 e. The van der Waals surface area contributed by atoms with Crippen LogP contribution in [0.4, 0.5) is 5.00 Å². The number of amides is 1. The number of rotatable bonds is 2. The molecule has 0 bridgehead atoms. The lowest BCUT2D eigenvalue weighted by molar-refractivity contribution is -0.123. The molecule has 2 N–H and O–H groups in total. The lowest BCUT2D eigenvalue weighted by atomic mass is 9.96. The normalized spacial score (nSPS) is 11.2. The van der Waals surface area contributed by atoms with Crippen molar-refractivity contribution in [1.29, 1.82) is 0 Å². The van der Waals surface area contributed by atoms with Crippen LogP contribution in [-0.2, 0) is 4.79 Å². The Kier molecular flexibility index (Phi) is 3.38. The van der Waals surface area contributed by atoms with E-state index in [2.05, 4.69) is 5.32 Å². The number of aryl methyl sites for hydroxylation is 1. The first-order valence-corrected chi connectivity index (χ1v) is 5.68. The van der Waals surface area contributed by atoms with Crippen LogP contribution in [0, 0.1) is 12.3 Å². The molecule has 0 spiro atoms. The van der Waals surface area contributed by atoms with Crippen molar-refractivity contribution in [1.82, 2.24) is 0 Å². The molecule has 0 atom stereocenters. The molecular formula is C11H15NO3S. The fourth-order valence-electron chi connectivity index (χ4n) is 1.06. The summed E-state index contributed by atoms with van der Waals surface area (Å²) in [5.41, 5.74) is -0.381. The van der Waals surface area contributed by atoms with Crippen LogP contribution in [0.15, 0.2) is 6.07 Å². The molecule has 16 heavy (non-hydrogen) atoms. The van der Waals surface area contributed by atoms with Crippen molar-refractivity contribution in [2.75, 3.05) is 5.32 Å². The Bertz CT molecular complexity index is 429. The van der Waals surface area contributed by atoms with Gasteiger partial charge >= 0.3 is 5.97 Å². The van der Waals surface area contributed by atoms with Gasteiger partial charge in [-0.05, 0) is 13.0 Å². The molecule has 4 nitrogen and oxygen atoms in total. The van der Waals surface area contributed by atoms with E-state index in [1.807, 2.05) is 6.92 Å². The Hall–Kier alpha value is -1.36. The van der Waals surface area contributed by atoms with Gasteiger partial charge in [0.15, 0.2) is 0 Å². The summed E-state index contributed by atoms with van der Waals surface area (Å²) < 4.78 is 0. The number of carboxylic acid groups (broad SMARTS) is 1. The number of hydrogen-bond acceptors (Lipinski definition) is 3. The molecule has 0 radical (unpaired) electrons. The van der Waals surface area contributed by atoms with Crippen molar-refractivity contribution >= 4 is 28.2 Å². The summed E-state index contributed by atoms with van der Waals surface area (Å²) in [6, 6.07) is 1.56. The van der Waals surface area contributed by atoms with Gasteiger partial charge < -0.3 is 10.4 Å². The monoisotopic (exact) mass is 241 g/mol. The lowest BCUT2D eigenvalue weighted by Gasteiger charge is -2.17. The van der Waals surface area contributed by atoms with Crippen LogP contribution in [0.1, 0.15) is 36.0 Å². The fourth-order valence-corrected chi connectivity index (χ4v) is 1.96. The van der Waals surface area contributed by atoms with E-state index in [1.165, 1.54) is 11.3 Å². The van der Waals surface area contributed by atoms with Gasteiger partial charge in [0, 0.05) is 10.3 Å². The van der Waals surface area contributed by atoms with Gasteiger partial charge in [0.2, 0.25) is 5.91 Å². The van der Waals surface area contributed by atoms with Gasteiger partial charge in [0.1, 0.15) is 5.00 Å². The van der Waals surface area contributed by atoms with Gasteiger partial charge in [0.25, 0.3) is 0 Å². The molecule has 1 rings (SSSR count). The molecule has 0 saturated heterocycles. The predicted molar refractivity (Wildman–Crippen MR) is 64.1 cm³/mol. The molecule has 0 aliphatic carbocycles. The van der Waals surface area contributed by atoms with E-state index in [1.54, 1.807) is 26.8 Å². The minimum atomic E-state index is -1.02. The maximum absolute atomic E-state index is 11.7. The second-order valence-corrected chi connectivity index (χ2v) is 5.87. The van der Waals surface area contributed by atoms with Crippen molar-refractivity contribution < 1.29 is 14.7 Å². The Labute approximate surface area is 98.3 Å². The van der Waals surface area contributed by atoms with Crippen molar-refractivity contribution in [3.05, 3.63) is 16.5 Å². The summed E-state index contributed by atoms with van der Waals surface area (Å²) in [5, 5.41) is 12.0. The maximum Gasteiger partial charge on any atom is 0.338 e. The third kappa shape index (κ3) is 2.82. The zero-order valence-corrected chi connectivity index (χ0v) is 10.6. The minimum absolute atomic E-state index is 0.153. The van der Waals surface area contributed by atoms with E-state index in [4.69, 9.17) is 5.11 Å². The summed E-state index contributed by atoms with van der Waals surface area (Å²) in [7, 11) is 0. The Morgan fingerprint density at radius 1 is 1.38 bits per heavy atom. The molecule has 0 aliphatic heterocycles. The molecule has 0 unspecified atom stereocenters. The molecule has 0 fully saturated rings.